The lowest BCUT2D eigenvalue weighted by Crippen LogP contribution is -2.26. The number of aliphatic hydroxyl groups excluding tert-OH is 1. The summed E-state index contributed by atoms with van der Waals surface area (Å²) in [6, 6.07) is 6.55. The zero-order valence-corrected chi connectivity index (χ0v) is 13.4. The molecule has 0 aliphatic rings. The van der Waals surface area contributed by atoms with Gasteiger partial charge in [0.2, 0.25) is 10.0 Å². The SMILES string of the molecule is Cc1csc(CCNS(=O)(=O)c2ccc(CCO)cc2)n1. The number of aromatic nitrogens is 1. The molecule has 0 radical (unpaired) electrons. The molecule has 1 aromatic heterocycles. The number of benzene rings is 1. The van der Waals surface area contributed by atoms with E-state index in [-0.39, 0.29) is 11.5 Å². The molecule has 0 saturated carbocycles. The van der Waals surface area contributed by atoms with Gasteiger partial charge >= 0.3 is 0 Å². The fourth-order valence-electron chi connectivity index (χ4n) is 1.86. The monoisotopic (exact) mass is 326 g/mol. The Hall–Kier alpha value is -1.28. The van der Waals surface area contributed by atoms with Crippen LogP contribution in [-0.4, -0.2) is 31.7 Å². The van der Waals surface area contributed by atoms with Gasteiger partial charge < -0.3 is 5.11 Å². The molecule has 2 rings (SSSR count). The molecular formula is C14H18N2O3S2. The summed E-state index contributed by atoms with van der Waals surface area (Å²) in [5, 5.41) is 11.7. The predicted octanol–water partition coefficient (Wildman–Crippen LogP) is 1.51. The summed E-state index contributed by atoms with van der Waals surface area (Å²) in [5.41, 5.74) is 1.87. The Morgan fingerprint density at radius 2 is 1.95 bits per heavy atom. The number of hydrogen-bond donors (Lipinski definition) is 2. The van der Waals surface area contributed by atoms with Crippen molar-refractivity contribution in [1.29, 1.82) is 0 Å². The van der Waals surface area contributed by atoms with E-state index >= 15 is 0 Å². The van der Waals surface area contributed by atoms with Gasteiger partial charge in [0.15, 0.2) is 0 Å². The van der Waals surface area contributed by atoms with Gasteiger partial charge in [-0.1, -0.05) is 12.1 Å². The molecule has 114 valence electrons. The number of aryl methyl sites for hydroxylation is 1. The molecule has 0 aliphatic carbocycles. The fourth-order valence-corrected chi connectivity index (χ4v) is 3.67. The molecule has 0 aliphatic heterocycles. The first-order valence-electron chi connectivity index (χ1n) is 6.62. The van der Waals surface area contributed by atoms with Crippen molar-refractivity contribution in [3.8, 4) is 0 Å². The molecule has 0 saturated heterocycles. The summed E-state index contributed by atoms with van der Waals surface area (Å²) in [4.78, 5) is 4.53. The zero-order chi connectivity index (χ0) is 15.3. The topological polar surface area (TPSA) is 79.3 Å². The van der Waals surface area contributed by atoms with Crippen LogP contribution >= 0.6 is 11.3 Å². The molecule has 1 heterocycles. The second-order valence-electron chi connectivity index (χ2n) is 4.65. The van der Waals surface area contributed by atoms with Crippen LogP contribution in [-0.2, 0) is 22.9 Å². The molecule has 2 aromatic rings. The van der Waals surface area contributed by atoms with Gasteiger partial charge in [-0.05, 0) is 31.0 Å². The van der Waals surface area contributed by atoms with Crippen molar-refractivity contribution in [2.24, 2.45) is 0 Å². The zero-order valence-electron chi connectivity index (χ0n) is 11.7. The smallest absolute Gasteiger partial charge is 0.240 e. The van der Waals surface area contributed by atoms with Gasteiger partial charge in [-0.3, -0.25) is 0 Å². The molecule has 0 atom stereocenters. The van der Waals surface area contributed by atoms with Gasteiger partial charge in [-0.2, -0.15) is 0 Å². The van der Waals surface area contributed by atoms with Crippen LogP contribution in [0.3, 0.4) is 0 Å². The van der Waals surface area contributed by atoms with Gasteiger partial charge in [-0.25, -0.2) is 18.1 Å². The van der Waals surface area contributed by atoms with E-state index in [4.69, 9.17) is 5.11 Å². The van der Waals surface area contributed by atoms with Crippen LogP contribution in [0.15, 0.2) is 34.5 Å². The summed E-state index contributed by atoms with van der Waals surface area (Å²) < 4.78 is 26.8. The average Bonchev–Trinajstić information content (AvgIpc) is 2.85. The number of hydrogen-bond acceptors (Lipinski definition) is 5. The van der Waals surface area contributed by atoms with Crippen LogP contribution in [0.2, 0.25) is 0 Å². The minimum absolute atomic E-state index is 0.0532. The van der Waals surface area contributed by atoms with E-state index in [1.807, 2.05) is 12.3 Å². The fraction of sp³-hybridized carbons (Fsp3) is 0.357. The third-order valence-electron chi connectivity index (χ3n) is 2.93. The maximum Gasteiger partial charge on any atom is 0.240 e. The van der Waals surface area contributed by atoms with E-state index in [1.54, 1.807) is 24.3 Å². The van der Waals surface area contributed by atoms with E-state index in [0.29, 0.717) is 19.4 Å². The number of sulfonamides is 1. The van der Waals surface area contributed by atoms with Crippen molar-refractivity contribution in [3.63, 3.8) is 0 Å². The molecule has 21 heavy (non-hydrogen) atoms. The van der Waals surface area contributed by atoms with E-state index in [1.165, 1.54) is 11.3 Å². The van der Waals surface area contributed by atoms with Gasteiger partial charge in [0, 0.05) is 30.6 Å². The Morgan fingerprint density at radius 1 is 1.24 bits per heavy atom. The minimum Gasteiger partial charge on any atom is -0.396 e. The molecule has 0 fully saturated rings. The highest BCUT2D eigenvalue weighted by Crippen LogP contribution is 2.12. The third-order valence-corrected chi connectivity index (χ3v) is 5.44. The van der Waals surface area contributed by atoms with E-state index in [9.17, 15) is 8.42 Å². The van der Waals surface area contributed by atoms with Crippen molar-refractivity contribution in [3.05, 3.63) is 45.9 Å². The Bertz CT molecular complexity index is 678. The lowest BCUT2D eigenvalue weighted by Gasteiger charge is -2.06. The number of nitrogens with zero attached hydrogens (tertiary/aromatic N) is 1. The van der Waals surface area contributed by atoms with E-state index in [2.05, 4.69) is 9.71 Å². The maximum atomic E-state index is 12.1. The quantitative estimate of drug-likeness (QED) is 0.808. The minimum atomic E-state index is -3.49. The van der Waals surface area contributed by atoms with Crippen molar-refractivity contribution in [2.75, 3.05) is 13.2 Å². The standard InChI is InChI=1S/C14H18N2O3S2/c1-11-10-20-14(16-11)6-8-15-21(18,19)13-4-2-12(3-5-13)7-9-17/h2-5,10,15,17H,6-9H2,1H3. The molecular weight excluding hydrogens is 308 g/mol. The first-order chi connectivity index (χ1) is 10.0. The third kappa shape index (κ3) is 4.60. The summed E-state index contributed by atoms with van der Waals surface area (Å²) in [6.45, 7) is 2.30. The molecule has 5 nitrogen and oxygen atoms in total. The van der Waals surface area contributed by atoms with Crippen molar-refractivity contribution < 1.29 is 13.5 Å². The second kappa shape index (κ2) is 7.13. The lowest BCUT2D eigenvalue weighted by molar-refractivity contribution is 0.299. The largest absolute Gasteiger partial charge is 0.396 e. The van der Waals surface area contributed by atoms with Crippen LogP contribution in [0.1, 0.15) is 16.3 Å². The summed E-state index contributed by atoms with van der Waals surface area (Å²) in [6.07, 6.45) is 1.11. The van der Waals surface area contributed by atoms with Crippen LogP contribution in [0.5, 0.6) is 0 Å². The molecule has 0 spiro atoms. The molecule has 7 heteroatoms. The number of nitrogens with one attached hydrogen (secondary N) is 1. The van der Waals surface area contributed by atoms with Crippen molar-refractivity contribution in [2.45, 2.75) is 24.7 Å². The molecule has 0 bridgehead atoms. The Balaban J connectivity index is 1.94. The summed E-state index contributed by atoms with van der Waals surface area (Å²) in [7, 11) is -3.49. The second-order valence-corrected chi connectivity index (χ2v) is 7.36. The number of aliphatic hydroxyl groups is 1. The van der Waals surface area contributed by atoms with Gasteiger partial charge in [-0.15, -0.1) is 11.3 Å². The average molecular weight is 326 g/mol. The van der Waals surface area contributed by atoms with Gasteiger partial charge in [0.1, 0.15) is 0 Å². The van der Waals surface area contributed by atoms with E-state index < -0.39 is 10.0 Å². The summed E-state index contributed by atoms with van der Waals surface area (Å²) >= 11 is 1.53. The van der Waals surface area contributed by atoms with Crippen LogP contribution < -0.4 is 4.72 Å². The Labute approximate surface area is 128 Å². The first-order valence-corrected chi connectivity index (χ1v) is 8.98. The van der Waals surface area contributed by atoms with Crippen molar-refractivity contribution in [1.82, 2.24) is 9.71 Å². The summed E-state index contributed by atoms with van der Waals surface area (Å²) in [5.74, 6) is 0. The molecule has 1 aromatic carbocycles. The van der Waals surface area contributed by atoms with Gasteiger partial charge in [0.25, 0.3) is 0 Å². The van der Waals surface area contributed by atoms with Crippen LogP contribution in [0.4, 0.5) is 0 Å². The predicted molar refractivity (Wildman–Crippen MR) is 83.0 cm³/mol. The molecule has 2 N–H and O–H groups in total. The first kappa shape index (κ1) is 16.1. The Kier molecular flexibility index (Phi) is 5.46. The van der Waals surface area contributed by atoms with Crippen molar-refractivity contribution >= 4 is 21.4 Å². The number of thiazole rings is 1. The highest BCUT2D eigenvalue weighted by atomic mass is 32.2. The molecule has 0 amide bonds. The maximum absolute atomic E-state index is 12.1. The molecule has 0 unspecified atom stereocenters. The number of rotatable bonds is 7. The lowest BCUT2D eigenvalue weighted by atomic mass is 10.2. The van der Waals surface area contributed by atoms with Gasteiger partial charge in [0.05, 0.1) is 9.90 Å². The van der Waals surface area contributed by atoms with E-state index in [0.717, 1.165) is 16.3 Å². The van der Waals surface area contributed by atoms with Crippen LogP contribution in [0, 0.1) is 6.92 Å². The Morgan fingerprint density at radius 3 is 2.52 bits per heavy atom. The highest BCUT2D eigenvalue weighted by molar-refractivity contribution is 7.89. The highest BCUT2D eigenvalue weighted by Gasteiger charge is 2.13. The van der Waals surface area contributed by atoms with Crippen LogP contribution in [0.25, 0.3) is 0 Å². The normalized spacial score (nSPS) is 11.7.